The second-order valence-corrected chi connectivity index (χ2v) is 9.43. The van der Waals surface area contributed by atoms with Crippen LogP contribution in [-0.2, 0) is 0 Å². The molecule has 5 nitrogen and oxygen atoms in total. The van der Waals surface area contributed by atoms with E-state index in [0.29, 0.717) is 17.7 Å². The Kier molecular flexibility index (Phi) is 4.79. The second-order valence-electron chi connectivity index (χ2n) is 7.50. The molecule has 0 amide bonds. The number of fused-ring (bicyclic) bond motifs is 1. The summed E-state index contributed by atoms with van der Waals surface area (Å²) < 4.78 is 2.62. The summed E-state index contributed by atoms with van der Waals surface area (Å²) >= 11 is 5.13. The molecule has 1 saturated heterocycles. The molecule has 3 atom stereocenters. The number of nitrogens with zero attached hydrogens (tertiary/aromatic N) is 4. The fourth-order valence-electron chi connectivity index (χ4n) is 4.15. The zero-order valence-corrected chi connectivity index (χ0v) is 17.6. The lowest BCUT2D eigenvalue weighted by Gasteiger charge is -2.40. The SMILES string of the molecule is Cc1nc2sc(C(c3cccc(Br)c3)N3CC(C)CC(C)C3)c(O)n2n1. The molecule has 7 heteroatoms. The van der Waals surface area contributed by atoms with Gasteiger partial charge in [0.15, 0.2) is 0 Å². The van der Waals surface area contributed by atoms with Gasteiger partial charge in [-0.25, -0.2) is 4.98 Å². The van der Waals surface area contributed by atoms with Crippen LogP contribution in [0.25, 0.3) is 4.96 Å². The summed E-state index contributed by atoms with van der Waals surface area (Å²) in [7, 11) is 0. The fraction of sp³-hybridized carbons (Fsp3) is 0.474. The molecule has 1 N–H and O–H groups in total. The van der Waals surface area contributed by atoms with Crippen LogP contribution in [0, 0.1) is 18.8 Å². The summed E-state index contributed by atoms with van der Waals surface area (Å²) in [6, 6.07) is 8.39. The number of thiazole rings is 1. The zero-order valence-electron chi connectivity index (χ0n) is 15.2. The lowest BCUT2D eigenvalue weighted by Crippen LogP contribution is -2.41. The van der Waals surface area contributed by atoms with E-state index in [4.69, 9.17) is 0 Å². The Morgan fingerprint density at radius 2 is 2.00 bits per heavy atom. The third-order valence-corrected chi connectivity index (χ3v) is 6.55. The first kappa shape index (κ1) is 17.9. The maximum Gasteiger partial charge on any atom is 0.230 e. The van der Waals surface area contributed by atoms with Crippen LogP contribution in [0.15, 0.2) is 28.7 Å². The Labute approximate surface area is 165 Å². The van der Waals surface area contributed by atoms with E-state index in [1.54, 1.807) is 4.52 Å². The highest BCUT2D eigenvalue weighted by Gasteiger charge is 2.33. The van der Waals surface area contributed by atoms with Gasteiger partial charge in [-0.1, -0.05) is 53.2 Å². The van der Waals surface area contributed by atoms with Crippen molar-refractivity contribution in [1.29, 1.82) is 0 Å². The van der Waals surface area contributed by atoms with Crippen molar-refractivity contribution in [1.82, 2.24) is 19.5 Å². The van der Waals surface area contributed by atoms with E-state index < -0.39 is 0 Å². The summed E-state index contributed by atoms with van der Waals surface area (Å²) in [5, 5.41) is 15.2. The molecule has 1 aromatic carbocycles. The molecule has 26 heavy (non-hydrogen) atoms. The van der Waals surface area contributed by atoms with E-state index in [-0.39, 0.29) is 11.9 Å². The molecule has 0 bridgehead atoms. The fourth-order valence-corrected chi connectivity index (χ4v) is 5.73. The van der Waals surface area contributed by atoms with Crippen molar-refractivity contribution in [3.63, 3.8) is 0 Å². The van der Waals surface area contributed by atoms with Gasteiger partial charge in [0, 0.05) is 17.6 Å². The van der Waals surface area contributed by atoms with Crippen LogP contribution in [0.2, 0.25) is 0 Å². The molecule has 4 rings (SSSR count). The van der Waals surface area contributed by atoms with Gasteiger partial charge < -0.3 is 5.11 Å². The van der Waals surface area contributed by atoms with Gasteiger partial charge in [-0.3, -0.25) is 4.90 Å². The Hall–Kier alpha value is -1.44. The number of halogens is 1. The number of aryl methyl sites for hydroxylation is 1. The Balaban J connectivity index is 1.84. The second kappa shape index (κ2) is 6.94. The standard InChI is InChI=1S/C19H23BrN4OS/c1-11-7-12(2)10-23(9-11)16(14-5-4-6-15(20)8-14)17-18(25)24-19(26-17)21-13(3)22-24/h4-6,8,11-12,16,25H,7,9-10H2,1-3H3. The maximum absolute atomic E-state index is 10.9. The third-order valence-electron chi connectivity index (χ3n) is 4.98. The van der Waals surface area contributed by atoms with Crippen LogP contribution < -0.4 is 0 Å². The van der Waals surface area contributed by atoms with Crippen LogP contribution in [0.3, 0.4) is 0 Å². The normalized spacial score (nSPS) is 22.8. The molecular weight excluding hydrogens is 412 g/mol. The molecule has 2 aromatic heterocycles. The van der Waals surface area contributed by atoms with E-state index in [1.165, 1.54) is 23.3 Å². The molecule has 3 unspecified atom stereocenters. The van der Waals surface area contributed by atoms with Crippen molar-refractivity contribution in [3.8, 4) is 5.88 Å². The highest BCUT2D eigenvalue weighted by Crippen LogP contribution is 2.42. The number of piperidine rings is 1. The van der Waals surface area contributed by atoms with Crippen molar-refractivity contribution in [2.75, 3.05) is 13.1 Å². The Morgan fingerprint density at radius 1 is 1.27 bits per heavy atom. The van der Waals surface area contributed by atoms with Crippen LogP contribution in [0.1, 0.15) is 42.6 Å². The van der Waals surface area contributed by atoms with Gasteiger partial charge in [0.25, 0.3) is 0 Å². The monoisotopic (exact) mass is 434 g/mol. The van der Waals surface area contributed by atoms with E-state index in [2.05, 4.69) is 63.0 Å². The summed E-state index contributed by atoms with van der Waals surface area (Å²) in [6.45, 7) is 8.51. The van der Waals surface area contributed by atoms with Crippen molar-refractivity contribution in [2.24, 2.45) is 11.8 Å². The van der Waals surface area contributed by atoms with E-state index in [1.807, 2.05) is 13.0 Å². The number of aromatic hydroxyl groups is 1. The van der Waals surface area contributed by atoms with Gasteiger partial charge in [-0.15, -0.1) is 5.10 Å². The molecule has 0 aliphatic carbocycles. The number of hydrogen-bond donors (Lipinski definition) is 1. The molecule has 0 spiro atoms. The lowest BCUT2D eigenvalue weighted by molar-refractivity contribution is 0.112. The first-order chi connectivity index (χ1) is 12.4. The van der Waals surface area contributed by atoms with Crippen molar-refractivity contribution in [2.45, 2.75) is 33.2 Å². The lowest BCUT2D eigenvalue weighted by atomic mass is 9.89. The van der Waals surface area contributed by atoms with Crippen LogP contribution in [0.4, 0.5) is 0 Å². The van der Waals surface area contributed by atoms with Crippen molar-refractivity contribution >= 4 is 32.2 Å². The molecule has 138 valence electrons. The van der Waals surface area contributed by atoms with Crippen LogP contribution in [-0.4, -0.2) is 37.7 Å². The Morgan fingerprint density at radius 3 is 2.65 bits per heavy atom. The maximum atomic E-state index is 10.9. The van der Waals surface area contributed by atoms with Gasteiger partial charge in [-0.2, -0.15) is 4.52 Å². The summed E-state index contributed by atoms with van der Waals surface area (Å²) in [5.41, 5.74) is 1.18. The average Bonchev–Trinajstić information content (AvgIpc) is 3.05. The number of likely N-dealkylation sites (tertiary alicyclic amines) is 1. The highest BCUT2D eigenvalue weighted by molar-refractivity contribution is 9.10. The number of rotatable bonds is 3. The topological polar surface area (TPSA) is 53.7 Å². The molecule has 1 aliphatic heterocycles. The van der Waals surface area contributed by atoms with Gasteiger partial charge >= 0.3 is 0 Å². The highest BCUT2D eigenvalue weighted by atomic mass is 79.9. The van der Waals surface area contributed by atoms with Crippen LogP contribution >= 0.6 is 27.3 Å². The van der Waals surface area contributed by atoms with Crippen LogP contribution in [0.5, 0.6) is 5.88 Å². The number of benzene rings is 1. The van der Waals surface area contributed by atoms with E-state index >= 15 is 0 Å². The quantitative estimate of drug-likeness (QED) is 0.652. The van der Waals surface area contributed by atoms with Gasteiger partial charge in [0.1, 0.15) is 5.82 Å². The molecule has 1 fully saturated rings. The third kappa shape index (κ3) is 3.28. The van der Waals surface area contributed by atoms with Gasteiger partial charge in [-0.05, 0) is 42.9 Å². The smallest absolute Gasteiger partial charge is 0.230 e. The Bertz CT molecular complexity index is 927. The molecule has 0 saturated carbocycles. The summed E-state index contributed by atoms with van der Waals surface area (Å²) in [6.07, 6.45) is 1.25. The first-order valence-electron chi connectivity index (χ1n) is 8.97. The number of aromatic nitrogens is 3. The predicted molar refractivity (Wildman–Crippen MR) is 108 cm³/mol. The van der Waals surface area contributed by atoms with Crippen molar-refractivity contribution in [3.05, 3.63) is 45.0 Å². The average molecular weight is 435 g/mol. The molecule has 1 aliphatic rings. The number of hydrogen-bond acceptors (Lipinski definition) is 5. The molecule has 3 heterocycles. The minimum Gasteiger partial charge on any atom is -0.492 e. The minimum absolute atomic E-state index is 0.00602. The summed E-state index contributed by atoms with van der Waals surface area (Å²) in [5.74, 6) is 2.17. The molecule has 0 radical (unpaired) electrons. The van der Waals surface area contributed by atoms with E-state index in [9.17, 15) is 5.11 Å². The van der Waals surface area contributed by atoms with Gasteiger partial charge in [0.05, 0.1) is 10.9 Å². The first-order valence-corrected chi connectivity index (χ1v) is 10.6. The molecular formula is C19H23BrN4OS. The predicted octanol–water partition coefficient (Wildman–Crippen LogP) is 4.63. The summed E-state index contributed by atoms with van der Waals surface area (Å²) in [4.78, 5) is 8.60. The van der Waals surface area contributed by atoms with E-state index in [0.717, 1.165) is 27.4 Å². The zero-order chi connectivity index (χ0) is 18.4. The van der Waals surface area contributed by atoms with Crippen molar-refractivity contribution < 1.29 is 5.11 Å². The largest absolute Gasteiger partial charge is 0.492 e. The van der Waals surface area contributed by atoms with Gasteiger partial charge in [0.2, 0.25) is 10.8 Å². The molecule has 3 aromatic rings. The minimum atomic E-state index is 0.00602.